The summed E-state index contributed by atoms with van der Waals surface area (Å²) in [5.41, 5.74) is 3.95. The lowest BCUT2D eigenvalue weighted by Crippen LogP contribution is -2.22. The van der Waals surface area contributed by atoms with Gasteiger partial charge >= 0.3 is 0 Å². The van der Waals surface area contributed by atoms with Crippen LogP contribution in [0.1, 0.15) is 29.5 Å². The summed E-state index contributed by atoms with van der Waals surface area (Å²) in [6.45, 7) is 2.10. The van der Waals surface area contributed by atoms with Crippen LogP contribution >= 0.6 is 0 Å². The Kier molecular flexibility index (Phi) is 5.02. The van der Waals surface area contributed by atoms with Crippen LogP contribution in [0.4, 0.5) is 0 Å². The molecule has 3 rings (SSSR count). The molecule has 0 fully saturated rings. The van der Waals surface area contributed by atoms with Crippen LogP contribution in [0, 0.1) is 5.92 Å². The van der Waals surface area contributed by atoms with Gasteiger partial charge < -0.3 is 5.21 Å². The molecule has 0 aliphatic carbocycles. The van der Waals surface area contributed by atoms with Gasteiger partial charge in [-0.05, 0) is 23.3 Å². The summed E-state index contributed by atoms with van der Waals surface area (Å²) in [6.07, 6.45) is 3.43. The molecule has 0 aliphatic rings. The molecular formula is C21H20N2O. The molecule has 0 saturated carbocycles. The minimum atomic E-state index is 0.00204. The number of oxime groups is 1. The Balaban J connectivity index is 2.05. The first kappa shape index (κ1) is 15.9. The molecule has 120 valence electrons. The molecule has 3 heteroatoms. The smallest absolute Gasteiger partial charge is 0.0906 e. The Morgan fingerprint density at radius 2 is 1.33 bits per heavy atom. The molecule has 0 radical (unpaired) electrons. The third kappa shape index (κ3) is 3.35. The largest absolute Gasteiger partial charge is 0.411 e. The second kappa shape index (κ2) is 7.55. The Morgan fingerprint density at radius 1 is 0.833 bits per heavy atom. The standard InChI is InChI=1S/C21H20N2O/c1-16(21(23-24)19-12-14-22-15-13-19)20(17-8-4-2-5-9-17)18-10-6-3-7-11-18/h2-16,20,24H,1H3/b23-21-. The second-order valence-corrected chi connectivity index (χ2v) is 5.81. The normalized spacial score (nSPS) is 13.0. The quantitative estimate of drug-likeness (QED) is 0.420. The summed E-state index contributed by atoms with van der Waals surface area (Å²) >= 11 is 0. The molecule has 3 nitrogen and oxygen atoms in total. The number of hydrogen-bond acceptors (Lipinski definition) is 3. The number of hydrogen-bond donors (Lipinski definition) is 1. The predicted molar refractivity (Wildman–Crippen MR) is 96.5 cm³/mol. The topological polar surface area (TPSA) is 45.5 Å². The molecule has 1 atom stereocenters. The zero-order valence-corrected chi connectivity index (χ0v) is 13.6. The van der Waals surface area contributed by atoms with Crippen molar-refractivity contribution in [3.8, 4) is 0 Å². The number of rotatable bonds is 5. The summed E-state index contributed by atoms with van der Waals surface area (Å²) in [4.78, 5) is 4.05. The fourth-order valence-electron chi connectivity index (χ4n) is 3.18. The second-order valence-electron chi connectivity index (χ2n) is 5.81. The summed E-state index contributed by atoms with van der Waals surface area (Å²) in [5, 5.41) is 13.3. The lowest BCUT2D eigenvalue weighted by Gasteiger charge is -2.26. The predicted octanol–water partition coefficient (Wildman–Crippen LogP) is 4.73. The van der Waals surface area contributed by atoms with Crippen LogP contribution < -0.4 is 0 Å². The van der Waals surface area contributed by atoms with Crippen molar-refractivity contribution in [3.63, 3.8) is 0 Å². The average Bonchev–Trinajstić information content (AvgIpc) is 2.65. The van der Waals surface area contributed by atoms with Gasteiger partial charge in [-0.3, -0.25) is 4.98 Å². The van der Waals surface area contributed by atoms with E-state index >= 15 is 0 Å². The Labute approximate surface area is 142 Å². The zero-order valence-electron chi connectivity index (χ0n) is 13.6. The van der Waals surface area contributed by atoms with Gasteiger partial charge in [0.25, 0.3) is 0 Å². The maximum absolute atomic E-state index is 9.66. The van der Waals surface area contributed by atoms with E-state index in [4.69, 9.17) is 0 Å². The SMILES string of the molecule is CC(/C(=N/O)c1ccncc1)C(c1ccccc1)c1ccccc1. The van der Waals surface area contributed by atoms with Crippen LogP contribution in [0.3, 0.4) is 0 Å². The first-order valence-corrected chi connectivity index (χ1v) is 8.03. The lowest BCUT2D eigenvalue weighted by molar-refractivity contribution is 0.315. The van der Waals surface area contributed by atoms with Crippen molar-refractivity contribution in [1.82, 2.24) is 4.98 Å². The van der Waals surface area contributed by atoms with Crippen molar-refractivity contribution in [2.45, 2.75) is 12.8 Å². The lowest BCUT2D eigenvalue weighted by atomic mass is 9.78. The molecule has 1 aromatic heterocycles. The Morgan fingerprint density at radius 3 is 1.79 bits per heavy atom. The fraction of sp³-hybridized carbons (Fsp3) is 0.143. The molecule has 3 aromatic rings. The molecule has 0 amide bonds. The Hall–Kier alpha value is -2.94. The van der Waals surface area contributed by atoms with Gasteiger partial charge in [0, 0.05) is 29.8 Å². The van der Waals surface area contributed by atoms with E-state index < -0.39 is 0 Å². The van der Waals surface area contributed by atoms with Gasteiger partial charge in [0.1, 0.15) is 0 Å². The molecule has 24 heavy (non-hydrogen) atoms. The minimum Gasteiger partial charge on any atom is -0.411 e. The van der Waals surface area contributed by atoms with Gasteiger partial charge in [-0.2, -0.15) is 0 Å². The molecule has 2 aromatic carbocycles. The number of benzene rings is 2. The number of aromatic nitrogens is 1. The van der Waals surface area contributed by atoms with E-state index in [1.54, 1.807) is 12.4 Å². The highest BCUT2D eigenvalue weighted by atomic mass is 16.4. The van der Waals surface area contributed by atoms with Crippen LogP contribution in [0.2, 0.25) is 0 Å². The highest BCUT2D eigenvalue weighted by molar-refractivity contribution is 6.02. The first-order valence-electron chi connectivity index (χ1n) is 8.03. The van der Waals surface area contributed by atoms with Gasteiger partial charge in [0.2, 0.25) is 0 Å². The highest BCUT2D eigenvalue weighted by Crippen LogP contribution is 2.34. The van der Waals surface area contributed by atoms with Crippen molar-refractivity contribution in [3.05, 3.63) is 102 Å². The van der Waals surface area contributed by atoms with E-state index in [2.05, 4.69) is 41.3 Å². The molecule has 0 aliphatic heterocycles. The maximum Gasteiger partial charge on any atom is 0.0906 e. The number of pyridine rings is 1. The van der Waals surface area contributed by atoms with Crippen molar-refractivity contribution < 1.29 is 5.21 Å². The van der Waals surface area contributed by atoms with Gasteiger partial charge in [-0.15, -0.1) is 0 Å². The van der Waals surface area contributed by atoms with Gasteiger partial charge in [-0.25, -0.2) is 0 Å². The van der Waals surface area contributed by atoms with Gasteiger partial charge in [0.05, 0.1) is 5.71 Å². The molecule has 1 unspecified atom stereocenters. The summed E-state index contributed by atoms with van der Waals surface area (Å²) in [7, 11) is 0. The van der Waals surface area contributed by atoms with Crippen molar-refractivity contribution in [2.24, 2.45) is 11.1 Å². The third-order valence-corrected chi connectivity index (χ3v) is 4.33. The van der Waals surface area contributed by atoms with Crippen LogP contribution in [0.25, 0.3) is 0 Å². The third-order valence-electron chi connectivity index (χ3n) is 4.33. The number of nitrogens with zero attached hydrogens (tertiary/aromatic N) is 2. The molecule has 0 spiro atoms. The molecule has 0 bridgehead atoms. The van der Waals surface area contributed by atoms with Crippen LogP contribution in [-0.4, -0.2) is 15.9 Å². The summed E-state index contributed by atoms with van der Waals surface area (Å²) < 4.78 is 0. The van der Waals surface area contributed by atoms with Crippen LogP contribution in [0.15, 0.2) is 90.3 Å². The first-order chi connectivity index (χ1) is 11.8. The fourth-order valence-corrected chi connectivity index (χ4v) is 3.18. The molecule has 1 N–H and O–H groups in total. The van der Waals surface area contributed by atoms with E-state index in [0.717, 1.165) is 5.56 Å². The van der Waals surface area contributed by atoms with E-state index in [0.29, 0.717) is 5.71 Å². The van der Waals surface area contributed by atoms with Crippen LogP contribution in [-0.2, 0) is 0 Å². The maximum atomic E-state index is 9.66. The van der Waals surface area contributed by atoms with Crippen molar-refractivity contribution in [2.75, 3.05) is 0 Å². The molecular weight excluding hydrogens is 296 g/mol. The van der Waals surface area contributed by atoms with Gasteiger partial charge in [-0.1, -0.05) is 72.7 Å². The van der Waals surface area contributed by atoms with Gasteiger partial charge in [0.15, 0.2) is 0 Å². The minimum absolute atomic E-state index is 0.00204. The van der Waals surface area contributed by atoms with Crippen LogP contribution in [0.5, 0.6) is 0 Å². The van der Waals surface area contributed by atoms with E-state index in [9.17, 15) is 5.21 Å². The van der Waals surface area contributed by atoms with Crippen molar-refractivity contribution in [1.29, 1.82) is 0 Å². The average molecular weight is 316 g/mol. The zero-order chi connectivity index (χ0) is 16.8. The summed E-state index contributed by atoms with van der Waals surface area (Å²) in [5.74, 6) is 0.105. The highest BCUT2D eigenvalue weighted by Gasteiger charge is 2.26. The summed E-state index contributed by atoms with van der Waals surface area (Å²) in [6, 6.07) is 24.4. The molecule has 1 heterocycles. The van der Waals surface area contributed by atoms with E-state index in [1.807, 2.05) is 48.5 Å². The Bertz CT molecular complexity index is 746. The monoisotopic (exact) mass is 316 g/mol. The van der Waals surface area contributed by atoms with E-state index in [1.165, 1.54) is 11.1 Å². The molecule has 0 saturated heterocycles. The van der Waals surface area contributed by atoms with Crippen molar-refractivity contribution >= 4 is 5.71 Å². The van der Waals surface area contributed by atoms with E-state index in [-0.39, 0.29) is 11.8 Å².